The maximum Gasteiger partial charge on any atom is 0.227 e. The Morgan fingerprint density at radius 3 is 2.43 bits per heavy atom. The van der Waals surface area contributed by atoms with Gasteiger partial charge in [0, 0.05) is 17.7 Å². The first-order chi connectivity index (χ1) is 17.0. The third-order valence-electron chi connectivity index (χ3n) is 8.01. The van der Waals surface area contributed by atoms with Crippen molar-refractivity contribution in [2.24, 2.45) is 23.2 Å². The highest BCUT2D eigenvalue weighted by atomic mass is 32.1. The molecule has 1 aromatic heterocycles. The lowest BCUT2D eigenvalue weighted by atomic mass is 9.49. The quantitative estimate of drug-likeness (QED) is 0.395. The fourth-order valence-electron chi connectivity index (χ4n) is 7.17. The Labute approximate surface area is 210 Å². The molecular weight excluding hydrogens is 458 g/mol. The second kappa shape index (κ2) is 8.94. The molecule has 0 aliphatic heterocycles. The molecule has 2 aromatic carbocycles. The second-order valence-corrected chi connectivity index (χ2v) is 11.2. The first-order valence-corrected chi connectivity index (χ1v) is 13.1. The smallest absolute Gasteiger partial charge is 0.227 e. The number of nitrogens with one attached hydrogen (secondary N) is 2. The van der Waals surface area contributed by atoms with Gasteiger partial charge in [-0.05, 0) is 123 Å². The summed E-state index contributed by atoms with van der Waals surface area (Å²) in [5.74, 6) is 3.90. The molecule has 4 aliphatic carbocycles. The van der Waals surface area contributed by atoms with E-state index >= 15 is 0 Å². The van der Waals surface area contributed by atoms with Crippen molar-refractivity contribution < 1.29 is 13.9 Å². The zero-order valence-corrected chi connectivity index (χ0v) is 20.8. The van der Waals surface area contributed by atoms with E-state index in [-0.39, 0.29) is 11.3 Å². The van der Waals surface area contributed by atoms with E-state index in [1.165, 1.54) is 38.5 Å². The molecule has 7 heteroatoms. The van der Waals surface area contributed by atoms with Crippen LogP contribution in [0.3, 0.4) is 0 Å². The predicted octanol–water partition coefficient (Wildman–Crippen LogP) is 6.31. The van der Waals surface area contributed by atoms with Crippen molar-refractivity contribution in [2.75, 3.05) is 11.9 Å². The molecule has 0 spiro atoms. The third kappa shape index (κ3) is 4.66. The summed E-state index contributed by atoms with van der Waals surface area (Å²) in [7, 11) is 0. The van der Waals surface area contributed by atoms with Gasteiger partial charge in [0.2, 0.25) is 11.8 Å². The summed E-state index contributed by atoms with van der Waals surface area (Å²) in [5.41, 5.74) is 3.26. The molecule has 0 unspecified atom stereocenters. The minimum absolute atomic E-state index is 0.0322. The number of hydrogen-bond acceptors (Lipinski definition) is 5. The summed E-state index contributed by atoms with van der Waals surface area (Å²) < 4.78 is 11.4. The minimum Gasteiger partial charge on any atom is -0.494 e. The highest BCUT2D eigenvalue weighted by molar-refractivity contribution is 7.80. The highest BCUT2D eigenvalue weighted by Crippen LogP contribution is 2.61. The first kappa shape index (κ1) is 22.5. The van der Waals surface area contributed by atoms with E-state index in [2.05, 4.69) is 15.6 Å². The van der Waals surface area contributed by atoms with Crippen LogP contribution < -0.4 is 15.4 Å². The number of carbonyl (C=O) groups is 1. The Hall–Kier alpha value is -2.93. The van der Waals surface area contributed by atoms with Gasteiger partial charge >= 0.3 is 0 Å². The van der Waals surface area contributed by atoms with Crippen LogP contribution in [-0.4, -0.2) is 22.6 Å². The molecule has 182 valence electrons. The Balaban J connectivity index is 1.09. The van der Waals surface area contributed by atoms with Gasteiger partial charge in [-0.1, -0.05) is 0 Å². The largest absolute Gasteiger partial charge is 0.494 e. The Bertz CT molecular complexity index is 1230. The number of thiocarbonyl (C=S) groups is 1. The van der Waals surface area contributed by atoms with Crippen LogP contribution in [0.4, 0.5) is 5.69 Å². The van der Waals surface area contributed by atoms with Gasteiger partial charge in [-0.2, -0.15) is 0 Å². The lowest BCUT2D eigenvalue weighted by Crippen LogP contribution is -2.48. The SMILES string of the molecule is CCOc1ccc(-c2nc3cc(NC(=S)NC(=O)CC45CC6CC(CC(C6)C4)C5)ccc3o2)cc1. The number of amides is 1. The average Bonchev–Trinajstić information content (AvgIpc) is 3.21. The Morgan fingerprint density at radius 2 is 1.77 bits per heavy atom. The number of carbonyl (C=O) groups excluding carboxylic acids is 1. The molecule has 35 heavy (non-hydrogen) atoms. The van der Waals surface area contributed by atoms with Gasteiger partial charge in [0.05, 0.1) is 6.61 Å². The number of benzene rings is 2. The van der Waals surface area contributed by atoms with Gasteiger partial charge in [-0.3, -0.25) is 4.79 Å². The van der Waals surface area contributed by atoms with E-state index in [1.54, 1.807) is 0 Å². The minimum atomic E-state index is 0.0322. The van der Waals surface area contributed by atoms with Gasteiger partial charge in [-0.15, -0.1) is 0 Å². The van der Waals surface area contributed by atoms with Gasteiger partial charge < -0.3 is 19.8 Å². The normalized spacial score (nSPS) is 26.6. The molecule has 4 aliphatic rings. The molecule has 4 bridgehead atoms. The fraction of sp³-hybridized carbons (Fsp3) is 0.464. The van der Waals surface area contributed by atoms with Crippen LogP contribution in [0.25, 0.3) is 22.6 Å². The van der Waals surface area contributed by atoms with E-state index < -0.39 is 0 Å². The molecule has 2 N–H and O–H groups in total. The molecule has 1 heterocycles. The molecular formula is C28H31N3O3S. The number of fused-ring (bicyclic) bond motifs is 1. The lowest BCUT2D eigenvalue weighted by molar-refractivity contribution is -0.127. The second-order valence-electron chi connectivity index (χ2n) is 10.8. The van der Waals surface area contributed by atoms with Crippen molar-refractivity contribution >= 4 is 40.0 Å². The van der Waals surface area contributed by atoms with Crippen molar-refractivity contribution in [3.8, 4) is 17.2 Å². The monoisotopic (exact) mass is 489 g/mol. The van der Waals surface area contributed by atoms with Gasteiger partial charge in [0.15, 0.2) is 10.7 Å². The first-order valence-electron chi connectivity index (χ1n) is 12.7. The van der Waals surface area contributed by atoms with Crippen molar-refractivity contribution in [1.29, 1.82) is 0 Å². The summed E-state index contributed by atoms with van der Waals surface area (Å²) in [6, 6.07) is 13.3. The van der Waals surface area contributed by atoms with Crippen LogP contribution in [0.1, 0.15) is 51.9 Å². The molecule has 3 aromatic rings. The number of oxazole rings is 1. The number of ether oxygens (including phenoxy) is 1. The standard InChI is InChI=1S/C28H31N3O3S/c1-2-33-22-6-3-20(4-7-22)26-30-23-12-21(5-8-24(23)34-26)29-27(35)31-25(32)16-28-13-17-9-18(14-28)11-19(10-17)15-28/h3-8,12,17-19H,2,9-11,13-16H2,1H3,(H2,29,31,32,35). The van der Waals surface area contributed by atoms with E-state index in [0.717, 1.165) is 40.3 Å². The zero-order chi connectivity index (χ0) is 24.0. The van der Waals surface area contributed by atoms with Crippen LogP contribution in [0.5, 0.6) is 5.75 Å². The van der Waals surface area contributed by atoms with E-state index in [1.807, 2.05) is 49.4 Å². The van der Waals surface area contributed by atoms with Gasteiger partial charge in [0.1, 0.15) is 11.3 Å². The summed E-state index contributed by atoms with van der Waals surface area (Å²) in [5, 5.41) is 6.40. The maximum atomic E-state index is 12.9. The molecule has 0 saturated heterocycles. The molecule has 0 radical (unpaired) electrons. The average molecular weight is 490 g/mol. The lowest BCUT2D eigenvalue weighted by Gasteiger charge is -2.56. The number of aromatic nitrogens is 1. The predicted molar refractivity (Wildman–Crippen MR) is 140 cm³/mol. The van der Waals surface area contributed by atoms with Crippen molar-refractivity contribution in [1.82, 2.24) is 10.3 Å². The van der Waals surface area contributed by atoms with Crippen LogP contribution in [0, 0.1) is 23.2 Å². The zero-order valence-electron chi connectivity index (χ0n) is 20.0. The maximum absolute atomic E-state index is 12.9. The van der Waals surface area contributed by atoms with E-state index in [0.29, 0.717) is 29.6 Å². The fourth-order valence-corrected chi connectivity index (χ4v) is 7.40. The van der Waals surface area contributed by atoms with Gasteiger partial charge in [0.25, 0.3) is 0 Å². The van der Waals surface area contributed by atoms with Crippen LogP contribution in [0.15, 0.2) is 46.9 Å². The Kier molecular flexibility index (Phi) is 5.75. The topological polar surface area (TPSA) is 76.4 Å². The summed E-state index contributed by atoms with van der Waals surface area (Å²) >= 11 is 5.46. The summed E-state index contributed by atoms with van der Waals surface area (Å²) in [6.07, 6.45) is 8.37. The van der Waals surface area contributed by atoms with Crippen molar-refractivity contribution in [2.45, 2.75) is 51.9 Å². The molecule has 6 nitrogen and oxygen atoms in total. The molecule has 1 amide bonds. The number of rotatable bonds is 6. The van der Waals surface area contributed by atoms with E-state index in [4.69, 9.17) is 21.4 Å². The van der Waals surface area contributed by atoms with Gasteiger partial charge in [-0.25, -0.2) is 4.98 Å². The molecule has 4 saturated carbocycles. The number of nitrogens with zero attached hydrogens (tertiary/aromatic N) is 1. The summed E-state index contributed by atoms with van der Waals surface area (Å²) in [6.45, 7) is 2.59. The van der Waals surface area contributed by atoms with Crippen LogP contribution in [-0.2, 0) is 4.79 Å². The van der Waals surface area contributed by atoms with Crippen molar-refractivity contribution in [3.05, 3.63) is 42.5 Å². The Morgan fingerprint density at radius 1 is 1.09 bits per heavy atom. The molecule has 4 fully saturated rings. The van der Waals surface area contributed by atoms with E-state index in [9.17, 15) is 4.79 Å². The number of hydrogen-bond donors (Lipinski definition) is 2. The molecule has 0 atom stereocenters. The highest BCUT2D eigenvalue weighted by Gasteiger charge is 2.51. The molecule has 7 rings (SSSR count). The number of anilines is 1. The third-order valence-corrected chi connectivity index (χ3v) is 8.22. The van der Waals surface area contributed by atoms with Crippen LogP contribution >= 0.6 is 12.2 Å². The van der Waals surface area contributed by atoms with Crippen LogP contribution in [0.2, 0.25) is 0 Å². The van der Waals surface area contributed by atoms with Crippen molar-refractivity contribution in [3.63, 3.8) is 0 Å². The summed E-state index contributed by atoms with van der Waals surface area (Å²) in [4.78, 5) is 17.5.